The van der Waals surface area contributed by atoms with Gasteiger partial charge in [0.25, 0.3) is 0 Å². The quantitative estimate of drug-likeness (QED) is 0.234. The van der Waals surface area contributed by atoms with Crippen molar-refractivity contribution in [3.63, 3.8) is 0 Å². The Morgan fingerprint density at radius 1 is 0.913 bits per heavy atom. The Morgan fingerprint density at radius 2 is 1.48 bits per heavy atom. The summed E-state index contributed by atoms with van der Waals surface area (Å²) in [6, 6.07) is 3.01. The zero-order valence-electron chi connectivity index (χ0n) is 24.8. The fourth-order valence-corrected chi connectivity index (χ4v) is 5.47. The number of carbonyl (C=O) groups is 1. The molecule has 0 saturated carbocycles. The van der Waals surface area contributed by atoms with Crippen LogP contribution < -0.4 is 14.7 Å². The van der Waals surface area contributed by atoms with Crippen molar-refractivity contribution in [2.24, 2.45) is 0 Å². The molecule has 2 heterocycles. The molecule has 1 aromatic heterocycles. The molecule has 0 aliphatic carbocycles. The van der Waals surface area contributed by atoms with Crippen LogP contribution in [-0.4, -0.2) is 47.7 Å². The fraction of sp³-hybridized carbons (Fsp3) is 0.433. The van der Waals surface area contributed by atoms with Crippen LogP contribution in [0.3, 0.4) is 0 Å². The zero-order chi connectivity index (χ0) is 34.2. The predicted molar refractivity (Wildman–Crippen MR) is 151 cm³/mol. The number of aromatic nitrogens is 2. The molecule has 16 heteroatoms. The Labute approximate surface area is 258 Å². The minimum absolute atomic E-state index is 0.000312. The number of rotatable bonds is 9. The van der Waals surface area contributed by atoms with Gasteiger partial charge in [-0.25, -0.2) is 9.97 Å². The zero-order valence-corrected chi connectivity index (χ0v) is 24.8. The van der Waals surface area contributed by atoms with Crippen LogP contribution in [0.25, 0.3) is 0 Å². The van der Waals surface area contributed by atoms with Gasteiger partial charge in [0.05, 0.1) is 47.2 Å². The Bertz CT molecular complexity index is 1510. The van der Waals surface area contributed by atoms with E-state index in [4.69, 9.17) is 5.11 Å². The Kier molecular flexibility index (Phi) is 9.69. The summed E-state index contributed by atoms with van der Waals surface area (Å²) in [6.45, 7) is 1.31. The van der Waals surface area contributed by atoms with E-state index in [1.54, 1.807) is 19.0 Å². The number of hydrogen-bond donors (Lipinski definition) is 1. The number of aliphatic carboxylic acids is 1. The molecular formula is C30H30F9N5O2. The molecule has 0 bridgehead atoms. The number of hydrogen-bond acceptors (Lipinski definition) is 6. The SMILES string of the molecule is CC[C@@H]1C[C@H](N(Cc2cc(C(F)(F)F)cc(C(F)(F)F)c2)c2ncc(N(C)CCC(=O)O)cn2)c2cc(C(F)(F)F)ccc2N1C. The molecule has 3 aromatic rings. The lowest BCUT2D eigenvalue weighted by Gasteiger charge is -2.44. The van der Waals surface area contributed by atoms with Crippen LogP contribution in [-0.2, 0) is 29.9 Å². The van der Waals surface area contributed by atoms with Crippen LogP contribution in [0.1, 0.15) is 60.0 Å². The maximum atomic E-state index is 13.8. The fourth-order valence-electron chi connectivity index (χ4n) is 5.47. The average molecular weight is 664 g/mol. The van der Waals surface area contributed by atoms with Crippen LogP contribution in [0.2, 0.25) is 0 Å². The first-order chi connectivity index (χ1) is 21.3. The van der Waals surface area contributed by atoms with E-state index in [0.717, 1.165) is 12.1 Å². The number of alkyl halides is 9. The minimum atomic E-state index is -5.12. The van der Waals surface area contributed by atoms with E-state index >= 15 is 0 Å². The number of benzene rings is 2. The van der Waals surface area contributed by atoms with Crippen molar-refractivity contribution in [2.75, 3.05) is 35.3 Å². The standard InChI is InChI=1S/C30H30F9N5O2/c1-4-21-13-25(23-12-18(28(31,32)33)5-6-24(23)43(21)3)44(27-40-14-22(15-41-27)42(2)8-7-26(45)46)16-17-9-19(29(34,35)36)11-20(10-17)30(37,38)39/h5-6,9-12,14-15,21,25H,4,7-8,13,16H2,1-3H3,(H,45,46)/t21-,25+/m1/s1. The van der Waals surface area contributed by atoms with Crippen LogP contribution in [0, 0.1) is 0 Å². The van der Waals surface area contributed by atoms with Gasteiger partial charge < -0.3 is 19.8 Å². The topological polar surface area (TPSA) is 72.8 Å². The normalized spacial score (nSPS) is 17.1. The lowest BCUT2D eigenvalue weighted by molar-refractivity contribution is -0.143. The van der Waals surface area contributed by atoms with Gasteiger partial charge in [0.1, 0.15) is 0 Å². The molecule has 1 aliphatic rings. The number of carboxylic acid groups (broad SMARTS) is 1. The monoisotopic (exact) mass is 663 g/mol. The number of halogens is 9. The molecule has 0 spiro atoms. The highest BCUT2D eigenvalue weighted by Crippen LogP contribution is 2.45. The number of nitrogens with zero attached hydrogens (tertiary/aromatic N) is 5. The molecule has 1 aliphatic heterocycles. The van der Waals surface area contributed by atoms with Gasteiger partial charge in [-0.15, -0.1) is 0 Å². The Balaban J connectivity index is 1.89. The summed E-state index contributed by atoms with van der Waals surface area (Å²) in [5.41, 5.74) is -3.55. The summed E-state index contributed by atoms with van der Waals surface area (Å²) in [7, 11) is 3.26. The first kappa shape index (κ1) is 34.6. The van der Waals surface area contributed by atoms with Crippen molar-refractivity contribution in [1.29, 1.82) is 0 Å². The average Bonchev–Trinajstić information content (AvgIpc) is 2.97. The third kappa shape index (κ3) is 7.76. The predicted octanol–water partition coefficient (Wildman–Crippen LogP) is 7.81. The summed E-state index contributed by atoms with van der Waals surface area (Å²) in [6.07, 6.45) is -11.9. The van der Waals surface area contributed by atoms with E-state index in [0.29, 0.717) is 29.9 Å². The van der Waals surface area contributed by atoms with Gasteiger partial charge in [-0.3, -0.25) is 4.79 Å². The number of anilines is 3. The van der Waals surface area contributed by atoms with Crippen molar-refractivity contribution >= 4 is 23.3 Å². The summed E-state index contributed by atoms with van der Waals surface area (Å²) < 4.78 is 124. The van der Waals surface area contributed by atoms with E-state index in [2.05, 4.69) is 9.97 Å². The molecule has 0 unspecified atom stereocenters. The van der Waals surface area contributed by atoms with Gasteiger partial charge in [-0.05, 0) is 60.4 Å². The largest absolute Gasteiger partial charge is 0.481 e. The van der Waals surface area contributed by atoms with Crippen molar-refractivity contribution in [3.05, 3.63) is 76.6 Å². The molecule has 4 rings (SSSR count). The Morgan fingerprint density at radius 3 is 1.98 bits per heavy atom. The van der Waals surface area contributed by atoms with Crippen LogP contribution in [0.15, 0.2) is 48.8 Å². The van der Waals surface area contributed by atoms with Gasteiger partial charge in [0.15, 0.2) is 0 Å². The summed E-state index contributed by atoms with van der Waals surface area (Å²) in [4.78, 5) is 24.2. The van der Waals surface area contributed by atoms with Crippen molar-refractivity contribution in [2.45, 2.75) is 63.3 Å². The van der Waals surface area contributed by atoms with Crippen LogP contribution in [0.4, 0.5) is 56.8 Å². The van der Waals surface area contributed by atoms with Crippen LogP contribution in [0.5, 0.6) is 0 Å². The van der Waals surface area contributed by atoms with Crippen molar-refractivity contribution in [1.82, 2.24) is 9.97 Å². The maximum absolute atomic E-state index is 13.8. The number of fused-ring (bicyclic) bond motifs is 1. The van der Waals surface area contributed by atoms with E-state index in [-0.39, 0.29) is 43.0 Å². The highest BCUT2D eigenvalue weighted by atomic mass is 19.4. The third-order valence-electron chi connectivity index (χ3n) is 7.97. The summed E-state index contributed by atoms with van der Waals surface area (Å²) >= 11 is 0. The van der Waals surface area contributed by atoms with Gasteiger partial charge >= 0.3 is 24.5 Å². The molecule has 250 valence electrons. The highest BCUT2D eigenvalue weighted by Gasteiger charge is 2.40. The molecule has 2 aromatic carbocycles. The molecule has 7 nitrogen and oxygen atoms in total. The highest BCUT2D eigenvalue weighted by molar-refractivity contribution is 5.67. The lowest BCUT2D eigenvalue weighted by atomic mass is 9.87. The first-order valence-electron chi connectivity index (χ1n) is 14.0. The Hall–Kier alpha value is -4.24. The van der Waals surface area contributed by atoms with E-state index in [9.17, 15) is 44.3 Å². The second-order valence-electron chi connectivity index (χ2n) is 11.0. The molecule has 1 N–H and O–H groups in total. The molecule has 0 amide bonds. The second-order valence-corrected chi connectivity index (χ2v) is 11.0. The maximum Gasteiger partial charge on any atom is 0.416 e. The minimum Gasteiger partial charge on any atom is -0.481 e. The van der Waals surface area contributed by atoms with Gasteiger partial charge in [-0.2, -0.15) is 39.5 Å². The third-order valence-corrected chi connectivity index (χ3v) is 7.97. The summed E-state index contributed by atoms with van der Waals surface area (Å²) in [5, 5.41) is 8.98. The van der Waals surface area contributed by atoms with Crippen LogP contribution >= 0.6 is 0 Å². The van der Waals surface area contributed by atoms with Crippen molar-refractivity contribution in [3.8, 4) is 0 Å². The molecule has 0 saturated heterocycles. The summed E-state index contributed by atoms with van der Waals surface area (Å²) in [5.74, 6) is -1.21. The number of carboxylic acids is 1. The smallest absolute Gasteiger partial charge is 0.416 e. The molecule has 46 heavy (non-hydrogen) atoms. The van der Waals surface area contributed by atoms with E-state index < -0.39 is 59.3 Å². The lowest BCUT2D eigenvalue weighted by Crippen LogP contribution is -2.43. The molecule has 0 radical (unpaired) electrons. The van der Waals surface area contributed by atoms with Gasteiger partial charge in [0.2, 0.25) is 5.95 Å². The molecular weight excluding hydrogens is 633 g/mol. The van der Waals surface area contributed by atoms with Gasteiger partial charge in [-0.1, -0.05) is 6.92 Å². The van der Waals surface area contributed by atoms with E-state index in [1.807, 2.05) is 6.92 Å². The first-order valence-corrected chi connectivity index (χ1v) is 14.0. The van der Waals surface area contributed by atoms with Gasteiger partial charge in [0, 0.05) is 38.9 Å². The second kappa shape index (κ2) is 12.9. The molecule has 0 fully saturated rings. The van der Waals surface area contributed by atoms with E-state index in [1.165, 1.54) is 28.3 Å². The molecule has 2 atom stereocenters. The van der Waals surface area contributed by atoms with Crippen molar-refractivity contribution < 1.29 is 49.4 Å².